The van der Waals surface area contributed by atoms with Crippen LogP contribution < -0.4 is 10.1 Å². The SMILES string of the molecule is COc1ccc(C(Nc2ccc(CCO)cc2)C(C)C)cc1. The summed E-state index contributed by atoms with van der Waals surface area (Å²) in [4.78, 5) is 0. The summed E-state index contributed by atoms with van der Waals surface area (Å²) in [6, 6.07) is 16.7. The smallest absolute Gasteiger partial charge is 0.118 e. The quantitative estimate of drug-likeness (QED) is 0.810. The normalized spacial score (nSPS) is 12.2. The molecule has 0 heterocycles. The molecule has 0 fully saturated rings. The van der Waals surface area contributed by atoms with E-state index in [0.29, 0.717) is 12.3 Å². The van der Waals surface area contributed by atoms with Crippen LogP contribution in [0.5, 0.6) is 5.75 Å². The van der Waals surface area contributed by atoms with E-state index in [1.807, 2.05) is 12.1 Å². The van der Waals surface area contributed by atoms with Crippen molar-refractivity contribution in [2.24, 2.45) is 5.92 Å². The molecule has 22 heavy (non-hydrogen) atoms. The molecule has 2 N–H and O–H groups in total. The van der Waals surface area contributed by atoms with Gasteiger partial charge in [-0.1, -0.05) is 38.1 Å². The summed E-state index contributed by atoms with van der Waals surface area (Å²) in [6.45, 7) is 4.61. The summed E-state index contributed by atoms with van der Waals surface area (Å²) in [5, 5.41) is 12.6. The fraction of sp³-hybridized carbons (Fsp3) is 0.368. The molecule has 0 aromatic heterocycles. The lowest BCUT2D eigenvalue weighted by Gasteiger charge is -2.24. The second-order valence-corrected chi connectivity index (χ2v) is 5.81. The highest BCUT2D eigenvalue weighted by atomic mass is 16.5. The molecule has 118 valence electrons. The Morgan fingerprint density at radius 3 is 2.14 bits per heavy atom. The van der Waals surface area contributed by atoms with Gasteiger partial charge < -0.3 is 15.2 Å². The Bertz CT molecular complexity index is 561. The van der Waals surface area contributed by atoms with E-state index in [0.717, 1.165) is 17.0 Å². The van der Waals surface area contributed by atoms with Crippen LogP contribution in [0.3, 0.4) is 0 Å². The van der Waals surface area contributed by atoms with Crippen molar-refractivity contribution in [1.29, 1.82) is 0 Å². The van der Waals surface area contributed by atoms with Crippen molar-refractivity contribution in [2.75, 3.05) is 19.0 Å². The van der Waals surface area contributed by atoms with Crippen molar-refractivity contribution in [1.82, 2.24) is 0 Å². The first kappa shape index (κ1) is 16.4. The summed E-state index contributed by atoms with van der Waals surface area (Å²) in [7, 11) is 1.68. The van der Waals surface area contributed by atoms with Gasteiger partial charge in [-0.2, -0.15) is 0 Å². The number of ether oxygens (including phenoxy) is 1. The zero-order chi connectivity index (χ0) is 15.9. The number of benzene rings is 2. The number of methoxy groups -OCH3 is 1. The van der Waals surface area contributed by atoms with E-state index in [9.17, 15) is 0 Å². The number of hydrogen-bond acceptors (Lipinski definition) is 3. The zero-order valence-corrected chi connectivity index (χ0v) is 13.5. The Hall–Kier alpha value is -2.00. The lowest BCUT2D eigenvalue weighted by molar-refractivity contribution is 0.299. The molecule has 0 aliphatic heterocycles. The minimum Gasteiger partial charge on any atom is -0.497 e. The van der Waals surface area contributed by atoms with Gasteiger partial charge >= 0.3 is 0 Å². The molecule has 3 nitrogen and oxygen atoms in total. The minimum atomic E-state index is 0.188. The van der Waals surface area contributed by atoms with Gasteiger partial charge in [-0.3, -0.25) is 0 Å². The Morgan fingerprint density at radius 2 is 1.64 bits per heavy atom. The molecule has 0 bridgehead atoms. The van der Waals surface area contributed by atoms with Gasteiger partial charge in [0.15, 0.2) is 0 Å². The van der Waals surface area contributed by atoms with E-state index in [4.69, 9.17) is 9.84 Å². The second-order valence-electron chi connectivity index (χ2n) is 5.81. The van der Waals surface area contributed by atoms with Crippen molar-refractivity contribution in [3.8, 4) is 5.75 Å². The lowest BCUT2D eigenvalue weighted by Crippen LogP contribution is -2.16. The van der Waals surface area contributed by atoms with Gasteiger partial charge in [0.1, 0.15) is 5.75 Å². The fourth-order valence-electron chi connectivity index (χ4n) is 2.52. The van der Waals surface area contributed by atoms with Gasteiger partial charge in [0, 0.05) is 12.3 Å². The van der Waals surface area contributed by atoms with E-state index in [-0.39, 0.29) is 12.6 Å². The average molecular weight is 299 g/mol. The summed E-state index contributed by atoms with van der Waals surface area (Å²) in [5.74, 6) is 1.34. The van der Waals surface area contributed by atoms with E-state index >= 15 is 0 Å². The topological polar surface area (TPSA) is 41.5 Å². The number of nitrogens with one attached hydrogen (secondary N) is 1. The van der Waals surface area contributed by atoms with Crippen molar-refractivity contribution >= 4 is 5.69 Å². The van der Waals surface area contributed by atoms with Crippen LogP contribution in [-0.4, -0.2) is 18.8 Å². The van der Waals surface area contributed by atoms with E-state index in [2.05, 4.69) is 55.6 Å². The molecule has 0 aliphatic carbocycles. The zero-order valence-electron chi connectivity index (χ0n) is 13.5. The summed E-state index contributed by atoms with van der Waals surface area (Å²) in [6.07, 6.45) is 0.701. The highest BCUT2D eigenvalue weighted by Gasteiger charge is 2.15. The third kappa shape index (κ3) is 4.25. The molecule has 0 saturated carbocycles. The van der Waals surface area contributed by atoms with Gasteiger partial charge in [0.2, 0.25) is 0 Å². The molecular formula is C19H25NO2. The Morgan fingerprint density at radius 1 is 1.00 bits per heavy atom. The molecule has 3 heteroatoms. The third-order valence-corrected chi connectivity index (χ3v) is 3.82. The fourth-order valence-corrected chi connectivity index (χ4v) is 2.52. The van der Waals surface area contributed by atoms with Crippen molar-refractivity contribution in [2.45, 2.75) is 26.3 Å². The van der Waals surface area contributed by atoms with Crippen LogP contribution in [0.4, 0.5) is 5.69 Å². The Labute approximate surface area is 133 Å². The molecule has 2 rings (SSSR count). The van der Waals surface area contributed by atoms with Crippen LogP contribution in [0, 0.1) is 5.92 Å². The molecule has 0 radical (unpaired) electrons. The first-order valence-electron chi connectivity index (χ1n) is 7.74. The van der Waals surface area contributed by atoms with Crippen molar-refractivity contribution < 1.29 is 9.84 Å². The van der Waals surface area contributed by atoms with Crippen LogP contribution >= 0.6 is 0 Å². The summed E-state index contributed by atoms with van der Waals surface area (Å²) in [5.41, 5.74) is 3.49. The van der Waals surface area contributed by atoms with E-state index in [1.165, 1.54) is 5.56 Å². The number of rotatable bonds is 7. The molecule has 2 aromatic rings. The van der Waals surface area contributed by atoms with Crippen LogP contribution in [0.2, 0.25) is 0 Å². The van der Waals surface area contributed by atoms with Gasteiger partial charge in [0.05, 0.1) is 13.2 Å². The Kier molecular flexibility index (Phi) is 5.84. The number of anilines is 1. The monoisotopic (exact) mass is 299 g/mol. The molecule has 2 aromatic carbocycles. The van der Waals surface area contributed by atoms with E-state index < -0.39 is 0 Å². The highest BCUT2D eigenvalue weighted by molar-refractivity contribution is 5.47. The maximum Gasteiger partial charge on any atom is 0.118 e. The predicted molar refractivity (Wildman–Crippen MR) is 91.4 cm³/mol. The van der Waals surface area contributed by atoms with Crippen LogP contribution in [-0.2, 0) is 6.42 Å². The molecule has 0 spiro atoms. The van der Waals surface area contributed by atoms with Gasteiger partial charge in [-0.15, -0.1) is 0 Å². The van der Waals surface area contributed by atoms with Crippen LogP contribution in [0.1, 0.15) is 31.0 Å². The van der Waals surface area contributed by atoms with Gasteiger partial charge in [0.25, 0.3) is 0 Å². The van der Waals surface area contributed by atoms with Crippen LogP contribution in [0.15, 0.2) is 48.5 Å². The summed E-state index contributed by atoms with van der Waals surface area (Å²) < 4.78 is 5.22. The Balaban J connectivity index is 2.13. The van der Waals surface area contributed by atoms with Crippen molar-refractivity contribution in [3.05, 3.63) is 59.7 Å². The number of aliphatic hydroxyl groups excluding tert-OH is 1. The summed E-state index contributed by atoms with van der Waals surface area (Å²) >= 11 is 0. The maximum atomic E-state index is 8.97. The molecular weight excluding hydrogens is 274 g/mol. The lowest BCUT2D eigenvalue weighted by atomic mass is 9.95. The number of hydrogen-bond donors (Lipinski definition) is 2. The molecule has 0 saturated heterocycles. The molecule has 1 atom stereocenters. The highest BCUT2D eigenvalue weighted by Crippen LogP contribution is 2.28. The average Bonchev–Trinajstić information content (AvgIpc) is 2.54. The second kappa shape index (κ2) is 7.85. The third-order valence-electron chi connectivity index (χ3n) is 3.82. The minimum absolute atomic E-state index is 0.188. The van der Waals surface area contributed by atoms with Gasteiger partial charge in [-0.05, 0) is 47.7 Å². The number of aliphatic hydroxyl groups is 1. The van der Waals surface area contributed by atoms with Gasteiger partial charge in [-0.25, -0.2) is 0 Å². The van der Waals surface area contributed by atoms with Crippen LogP contribution in [0.25, 0.3) is 0 Å². The standard InChI is InChI=1S/C19H25NO2/c1-14(2)19(16-6-10-18(22-3)11-7-16)20-17-8-4-15(5-9-17)12-13-21/h4-11,14,19-21H,12-13H2,1-3H3. The van der Waals surface area contributed by atoms with E-state index in [1.54, 1.807) is 7.11 Å². The molecule has 1 unspecified atom stereocenters. The molecule has 0 amide bonds. The first-order valence-corrected chi connectivity index (χ1v) is 7.74. The predicted octanol–water partition coefficient (Wildman–Crippen LogP) is 4.04. The first-order chi connectivity index (χ1) is 10.6. The molecule has 0 aliphatic rings. The maximum absolute atomic E-state index is 8.97. The van der Waals surface area contributed by atoms with Crippen molar-refractivity contribution in [3.63, 3.8) is 0 Å². The largest absolute Gasteiger partial charge is 0.497 e.